The van der Waals surface area contributed by atoms with Gasteiger partial charge in [-0.3, -0.25) is 4.79 Å². The van der Waals surface area contributed by atoms with Gasteiger partial charge in [-0.05, 0) is 24.3 Å². The molecule has 2 heterocycles. The van der Waals surface area contributed by atoms with Gasteiger partial charge < -0.3 is 14.6 Å². The smallest absolute Gasteiger partial charge is 0.236 e. The lowest BCUT2D eigenvalue weighted by atomic mass is 10.2. The average molecular weight is 355 g/mol. The minimum Gasteiger partial charge on any atom is -0.496 e. The lowest BCUT2D eigenvalue weighted by Crippen LogP contribution is -2.15. The molecule has 0 fully saturated rings. The van der Waals surface area contributed by atoms with Gasteiger partial charge in [-0.2, -0.15) is 0 Å². The monoisotopic (exact) mass is 355 g/mol. The number of nitrogens with one attached hydrogen (secondary N) is 1. The molecule has 0 radical (unpaired) electrons. The Morgan fingerprint density at radius 2 is 2.00 bits per heavy atom. The normalized spacial score (nSPS) is 10.5. The number of anilines is 1. The predicted molar refractivity (Wildman–Crippen MR) is 96.6 cm³/mol. The van der Waals surface area contributed by atoms with E-state index in [9.17, 15) is 4.79 Å². The van der Waals surface area contributed by atoms with Crippen molar-refractivity contribution in [1.82, 2.24) is 19.7 Å². The molecule has 3 rings (SSSR count). The lowest BCUT2D eigenvalue weighted by molar-refractivity contribution is -0.113. The van der Waals surface area contributed by atoms with Gasteiger partial charge in [0.15, 0.2) is 11.0 Å². The number of pyridine rings is 1. The minimum atomic E-state index is -0.148. The largest absolute Gasteiger partial charge is 0.496 e. The number of rotatable bonds is 6. The molecule has 0 aliphatic heterocycles. The molecule has 0 aliphatic carbocycles. The number of nitrogens with zero attached hydrogens (tertiary/aromatic N) is 4. The van der Waals surface area contributed by atoms with Crippen molar-refractivity contribution in [2.45, 2.75) is 5.16 Å². The van der Waals surface area contributed by atoms with Crippen molar-refractivity contribution in [3.8, 4) is 17.1 Å². The number of benzene rings is 1. The molecule has 1 amide bonds. The molecule has 0 unspecified atom stereocenters. The van der Waals surface area contributed by atoms with Crippen LogP contribution in [0.4, 0.5) is 5.82 Å². The van der Waals surface area contributed by atoms with E-state index in [1.54, 1.807) is 25.4 Å². The summed E-state index contributed by atoms with van der Waals surface area (Å²) in [6.45, 7) is 0. The number of carbonyl (C=O) groups is 1. The average Bonchev–Trinajstić information content (AvgIpc) is 3.01. The predicted octanol–water partition coefficient (Wildman–Crippen LogP) is 2.62. The molecule has 0 saturated carbocycles. The first-order valence-electron chi connectivity index (χ1n) is 7.55. The summed E-state index contributed by atoms with van der Waals surface area (Å²) in [5.41, 5.74) is 0.852. The Labute approximate surface area is 149 Å². The van der Waals surface area contributed by atoms with Gasteiger partial charge >= 0.3 is 0 Å². The minimum absolute atomic E-state index is 0.148. The summed E-state index contributed by atoms with van der Waals surface area (Å²) in [5.74, 6) is 2.01. The van der Waals surface area contributed by atoms with Crippen LogP contribution in [0.15, 0.2) is 53.8 Å². The van der Waals surface area contributed by atoms with Crippen molar-refractivity contribution >= 4 is 23.5 Å². The number of aromatic nitrogens is 4. The van der Waals surface area contributed by atoms with Crippen LogP contribution < -0.4 is 10.1 Å². The van der Waals surface area contributed by atoms with E-state index in [1.807, 2.05) is 41.9 Å². The SMILES string of the molecule is COc1ccccc1-c1nnc(SCC(=O)Nc2ccccn2)n1C. The van der Waals surface area contributed by atoms with Gasteiger partial charge in [0.2, 0.25) is 5.91 Å². The molecular weight excluding hydrogens is 338 g/mol. The van der Waals surface area contributed by atoms with Crippen LogP contribution in [0.2, 0.25) is 0 Å². The highest BCUT2D eigenvalue weighted by molar-refractivity contribution is 7.99. The maximum Gasteiger partial charge on any atom is 0.236 e. The van der Waals surface area contributed by atoms with Crippen LogP contribution in [0.3, 0.4) is 0 Å². The standard InChI is InChI=1S/C17H17N5O2S/c1-22-16(12-7-3-4-8-13(12)24-2)20-21-17(22)25-11-15(23)19-14-9-5-6-10-18-14/h3-10H,11H2,1-2H3,(H,18,19,23). The summed E-state index contributed by atoms with van der Waals surface area (Å²) in [6.07, 6.45) is 1.63. The van der Waals surface area contributed by atoms with Gasteiger partial charge in [-0.1, -0.05) is 30.0 Å². The first kappa shape index (κ1) is 17.0. The number of hydrogen-bond acceptors (Lipinski definition) is 6. The second-order valence-corrected chi connectivity index (χ2v) is 6.06. The van der Waals surface area contributed by atoms with Gasteiger partial charge in [0, 0.05) is 13.2 Å². The molecule has 8 heteroatoms. The van der Waals surface area contributed by atoms with E-state index < -0.39 is 0 Å². The maximum atomic E-state index is 12.0. The lowest BCUT2D eigenvalue weighted by Gasteiger charge is -2.08. The number of carbonyl (C=O) groups excluding carboxylic acids is 1. The highest BCUT2D eigenvalue weighted by Gasteiger charge is 2.15. The van der Waals surface area contributed by atoms with Crippen LogP contribution in [0.5, 0.6) is 5.75 Å². The first-order chi connectivity index (χ1) is 12.2. The molecule has 0 spiro atoms. The highest BCUT2D eigenvalue weighted by Crippen LogP contribution is 2.29. The van der Waals surface area contributed by atoms with Crippen LogP contribution in [-0.2, 0) is 11.8 Å². The summed E-state index contributed by atoms with van der Waals surface area (Å²) in [6, 6.07) is 13.0. The van der Waals surface area contributed by atoms with Gasteiger partial charge in [0.25, 0.3) is 0 Å². The van der Waals surface area contributed by atoms with E-state index in [2.05, 4.69) is 20.5 Å². The summed E-state index contributed by atoms with van der Waals surface area (Å²) in [5, 5.41) is 11.8. The molecule has 0 saturated heterocycles. The molecule has 1 N–H and O–H groups in total. The van der Waals surface area contributed by atoms with Crippen LogP contribution in [0, 0.1) is 0 Å². The van der Waals surface area contributed by atoms with E-state index in [1.165, 1.54) is 11.8 Å². The molecule has 128 valence electrons. The third-order valence-corrected chi connectivity index (χ3v) is 4.47. The number of para-hydroxylation sites is 1. The molecule has 7 nitrogen and oxygen atoms in total. The summed E-state index contributed by atoms with van der Waals surface area (Å²) >= 11 is 1.31. The number of ether oxygens (including phenoxy) is 1. The summed E-state index contributed by atoms with van der Waals surface area (Å²) in [4.78, 5) is 16.1. The molecule has 0 atom stereocenters. The topological polar surface area (TPSA) is 81.9 Å². The Hall–Kier alpha value is -2.87. The van der Waals surface area contributed by atoms with Crippen molar-refractivity contribution in [3.63, 3.8) is 0 Å². The van der Waals surface area contributed by atoms with E-state index in [0.29, 0.717) is 16.8 Å². The quantitative estimate of drug-likeness (QED) is 0.685. The molecule has 2 aromatic heterocycles. The van der Waals surface area contributed by atoms with E-state index >= 15 is 0 Å². The molecule has 25 heavy (non-hydrogen) atoms. The molecule has 1 aromatic carbocycles. The van der Waals surface area contributed by atoms with Crippen LogP contribution in [0.1, 0.15) is 0 Å². The van der Waals surface area contributed by atoms with Crippen molar-refractivity contribution in [1.29, 1.82) is 0 Å². The van der Waals surface area contributed by atoms with Gasteiger partial charge in [-0.15, -0.1) is 10.2 Å². The second kappa shape index (κ2) is 7.80. The summed E-state index contributed by atoms with van der Waals surface area (Å²) in [7, 11) is 3.48. The Balaban J connectivity index is 1.68. The van der Waals surface area contributed by atoms with Crippen LogP contribution in [0.25, 0.3) is 11.4 Å². The Morgan fingerprint density at radius 1 is 1.20 bits per heavy atom. The third kappa shape index (κ3) is 3.97. The Kier molecular flexibility index (Phi) is 5.30. The maximum absolute atomic E-state index is 12.0. The first-order valence-corrected chi connectivity index (χ1v) is 8.54. The third-order valence-electron chi connectivity index (χ3n) is 3.45. The number of amides is 1. The fourth-order valence-corrected chi connectivity index (χ4v) is 2.96. The highest BCUT2D eigenvalue weighted by atomic mass is 32.2. The van der Waals surface area contributed by atoms with E-state index in [4.69, 9.17) is 4.74 Å². The Morgan fingerprint density at radius 3 is 2.76 bits per heavy atom. The molecular formula is C17H17N5O2S. The zero-order valence-corrected chi connectivity index (χ0v) is 14.7. The number of methoxy groups -OCH3 is 1. The van der Waals surface area contributed by atoms with Crippen LogP contribution in [-0.4, -0.2) is 38.5 Å². The van der Waals surface area contributed by atoms with Gasteiger partial charge in [0.1, 0.15) is 11.6 Å². The zero-order valence-electron chi connectivity index (χ0n) is 13.8. The fraction of sp³-hybridized carbons (Fsp3) is 0.176. The van der Waals surface area contributed by atoms with Gasteiger partial charge in [-0.25, -0.2) is 4.98 Å². The molecule has 0 aliphatic rings. The summed E-state index contributed by atoms with van der Waals surface area (Å²) < 4.78 is 7.21. The van der Waals surface area contributed by atoms with Gasteiger partial charge in [0.05, 0.1) is 18.4 Å². The van der Waals surface area contributed by atoms with Crippen molar-refractivity contribution in [3.05, 3.63) is 48.7 Å². The van der Waals surface area contributed by atoms with Crippen LogP contribution >= 0.6 is 11.8 Å². The van der Waals surface area contributed by atoms with Crippen molar-refractivity contribution < 1.29 is 9.53 Å². The number of thioether (sulfide) groups is 1. The number of hydrogen-bond donors (Lipinski definition) is 1. The van der Waals surface area contributed by atoms with E-state index in [-0.39, 0.29) is 11.7 Å². The molecule has 3 aromatic rings. The van der Waals surface area contributed by atoms with E-state index in [0.717, 1.165) is 11.3 Å². The zero-order chi connectivity index (χ0) is 17.6. The fourth-order valence-electron chi connectivity index (χ4n) is 2.25. The second-order valence-electron chi connectivity index (χ2n) is 5.12. The van der Waals surface area contributed by atoms with Crippen molar-refractivity contribution in [2.75, 3.05) is 18.2 Å². The van der Waals surface area contributed by atoms with Crippen molar-refractivity contribution in [2.24, 2.45) is 7.05 Å². The Bertz CT molecular complexity index is 866. The molecule has 0 bridgehead atoms.